The van der Waals surface area contributed by atoms with Crippen molar-refractivity contribution in [2.75, 3.05) is 26.8 Å². The second kappa shape index (κ2) is 13.5. The summed E-state index contributed by atoms with van der Waals surface area (Å²) in [6.07, 6.45) is 3.77. The monoisotopic (exact) mass is 570 g/mol. The number of nitrogens with zero attached hydrogens (tertiary/aromatic N) is 2. The molecular weight excluding hydrogens is 532 g/mol. The number of aryl methyl sites for hydroxylation is 1. The van der Waals surface area contributed by atoms with Crippen molar-refractivity contribution >= 4 is 29.4 Å². The summed E-state index contributed by atoms with van der Waals surface area (Å²) in [5.74, 6) is 0.341. The van der Waals surface area contributed by atoms with E-state index < -0.39 is 5.97 Å². The minimum Gasteiger partial charge on any atom is -0.493 e. The maximum atomic E-state index is 11.9. The van der Waals surface area contributed by atoms with Gasteiger partial charge in [-0.05, 0) is 80.3 Å². The molecule has 1 heterocycles. The maximum absolute atomic E-state index is 11.9. The van der Waals surface area contributed by atoms with Crippen LogP contribution in [0.5, 0.6) is 11.5 Å². The van der Waals surface area contributed by atoms with Gasteiger partial charge in [-0.25, -0.2) is 0 Å². The molecule has 2 aromatic rings. The van der Waals surface area contributed by atoms with E-state index in [1.54, 1.807) is 7.11 Å². The summed E-state index contributed by atoms with van der Waals surface area (Å²) in [4.78, 5) is 38.9. The second-order valence-electron chi connectivity index (χ2n) is 10.9. The number of carbonyl (C=O) groups excluding carboxylic acids is 2. The van der Waals surface area contributed by atoms with Crippen molar-refractivity contribution in [1.82, 2.24) is 9.80 Å². The smallest absolute Gasteiger partial charge is 0.306 e. The average Bonchev–Trinajstić information content (AvgIpc) is 3.27. The molecular formula is C31H39ClN2O6. The molecule has 0 spiro atoms. The fraction of sp³-hybridized carbons (Fsp3) is 0.516. The van der Waals surface area contributed by atoms with Crippen LogP contribution in [0.1, 0.15) is 68.2 Å². The Bertz CT molecular complexity index is 1210. The van der Waals surface area contributed by atoms with Crippen LogP contribution in [-0.4, -0.2) is 59.5 Å². The predicted molar refractivity (Wildman–Crippen MR) is 153 cm³/mol. The van der Waals surface area contributed by atoms with Gasteiger partial charge in [0.15, 0.2) is 11.5 Å². The molecule has 8 nitrogen and oxygen atoms in total. The van der Waals surface area contributed by atoms with Gasteiger partial charge in [0.1, 0.15) is 6.61 Å². The van der Waals surface area contributed by atoms with Crippen molar-refractivity contribution < 1.29 is 29.0 Å². The number of carboxylic acid groups (broad SMARTS) is 1. The molecule has 2 aromatic carbocycles. The zero-order valence-electron chi connectivity index (χ0n) is 23.5. The van der Waals surface area contributed by atoms with Crippen molar-refractivity contribution in [3.05, 3.63) is 58.1 Å². The summed E-state index contributed by atoms with van der Waals surface area (Å²) in [5.41, 5.74) is 3.28. The number of hydrogen-bond acceptors (Lipinski definition) is 6. The zero-order valence-corrected chi connectivity index (χ0v) is 24.3. The number of carbonyl (C=O) groups is 3. The topological polar surface area (TPSA) is 96.4 Å². The molecule has 4 rings (SSSR count). The Morgan fingerprint density at radius 3 is 2.40 bits per heavy atom. The Hall–Kier alpha value is -3.10. The first-order chi connectivity index (χ1) is 19.2. The number of benzene rings is 2. The predicted octanol–water partition coefficient (Wildman–Crippen LogP) is 5.64. The Morgan fingerprint density at radius 1 is 1.07 bits per heavy atom. The number of methoxy groups -OCH3 is 1. The van der Waals surface area contributed by atoms with Crippen LogP contribution in [0.15, 0.2) is 36.4 Å². The van der Waals surface area contributed by atoms with Gasteiger partial charge in [0.25, 0.3) is 0 Å². The van der Waals surface area contributed by atoms with E-state index in [0.717, 1.165) is 48.4 Å². The summed E-state index contributed by atoms with van der Waals surface area (Å²) in [5, 5.41) is 10.2. The lowest BCUT2D eigenvalue weighted by atomic mass is 9.81. The number of carboxylic acids is 1. The molecule has 40 heavy (non-hydrogen) atoms. The first-order valence-electron chi connectivity index (χ1n) is 14.0. The van der Waals surface area contributed by atoms with Crippen molar-refractivity contribution in [3.63, 3.8) is 0 Å². The lowest BCUT2D eigenvalue weighted by Crippen LogP contribution is -2.34. The van der Waals surface area contributed by atoms with Crippen molar-refractivity contribution in [2.24, 2.45) is 11.8 Å². The van der Waals surface area contributed by atoms with Gasteiger partial charge < -0.3 is 14.6 Å². The third kappa shape index (κ3) is 7.34. The summed E-state index contributed by atoms with van der Waals surface area (Å²) >= 11 is 6.30. The normalized spacial score (nSPS) is 20.2. The van der Waals surface area contributed by atoms with Crippen LogP contribution in [0.3, 0.4) is 0 Å². The second-order valence-corrected chi connectivity index (χ2v) is 11.3. The Labute approximate surface area is 241 Å². The minimum atomic E-state index is -0.687. The molecule has 0 aromatic heterocycles. The van der Waals surface area contributed by atoms with Crippen LogP contribution in [0.4, 0.5) is 0 Å². The van der Waals surface area contributed by atoms with Crippen LogP contribution >= 0.6 is 11.6 Å². The highest BCUT2D eigenvalue weighted by molar-refractivity contribution is 6.31. The Morgan fingerprint density at radius 2 is 1.77 bits per heavy atom. The summed E-state index contributed by atoms with van der Waals surface area (Å²) in [6.45, 7) is 6.16. The lowest BCUT2D eigenvalue weighted by Gasteiger charge is -2.35. The summed E-state index contributed by atoms with van der Waals surface area (Å²) < 4.78 is 11.5. The van der Waals surface area contributed by atoms with Crippen molar-refractivity contribution in [2.45, 2.75) is 65.0 Å². The highest BCUT2D eigenvalue weighted by Gasteiger charge is 2.30. The number of halogens is 1. The number of hydrogen-bond donors (Lipinski definition) is 1. The molecule has 2 aliphatic rings. The number of aliphatic carboxylic acids is 1. The molecule has 216 valence electrons. The van der Waals surface area contributed by atoms with Crippen LogP contribution < -0.4 is 9.47 Å². The van der Waals surface area contributed by atoms with E-state index in [2.05, 4.69) is 24.0 Å². The molecule has 1 aliphatic carbocycles. The van der Waals surface area contributed by atoms with Crippen LogP contribution in [-0.2, 0) is 20.9 Å². The van der Waals surface area contributed by atoms with Gasteiger partial charge in [0.05, 0.1) is 19.6 Å². The van der Waals surface area contributed by atoms with Crippen molar-refractivity contribution in [1.29, 1.82) is 0 Å². The number of likely N-dealkylation sites (tertiary alicyclic amines) is 1. The fourth-order valence-corrected chi connectivity index (χ4v) is 5.82. The standard InChI is InChI=1S/C31H39ClN2O6/c1-20-16-25(9-10-26(20)32)21(2)33(18-22-4-7-24(8-5-22)31(37)38)19-23-6-11-27(28(17-23)39-3)40-15-14-34-29(35)12-13-30(34)36/h6,9-11,16-17,21-22,24H,4-5,7-8,12-15,18-19H2,1-3H3,(H,37,38)/t21-,22-,24-/m0/s1. The van der Waals surface area contributed by atoms with Gasteiger partial charge in [0, 0.05) is 37.0 Å². The third-order valence-electron chi connectivity index (χ3n) is 8.24. The van der Waals surface area contributed by atoms with E-state index in [-0.39, 0.29) is 49.8 Å². The van der Waals surface area contributed by atoms with E-state index in [0.29, 0.717) is 24.0 Å². The lowest BCUT2D eigenvalue weighted by molar-refractivity contribution is -0.143. The van der Waals surface area contributed by atoms with Gasteiger partial charge in [-0.2, -0.15) is 0 Å². The van der Waals surface area contributed by atoms with Crippen LogP contribution in [0.25, 0.3) is 0 Å². The molecule has 2 fully saturated rings. The third-order valence-corrected chi connectivity index (χ3v) is 8.67. The van der Waals surface area contributed by atoms with Crippen LogP contribution in [0.2, 0.25) is 5.02 Å². The summed E-state index contributed by atoms with van der Waals surface area (Å²) in [7, 11) is 1.59. The molecule has 0 radical (unpaired) electrons. The van der Waals surface area contributed by atoms with E-state index >= 15 is 0 Å². The first kappa shape index (κ1) is 29.9. The average molecular weight is 571 g/mol. The number of ether oxygens (including phenoxy) is 2. The van der Waals surface area contributed by atoms with Gasteiger partial charge in [-0.3, -0.25) is 24.2 Å². The number of imide groups is 1. The summed E-state index contributed by atoms with van der Waals surface area (Å²) in [6, 6.07) is 12.1. The van der Waals surface area contributed by atoms with Crippen LogP contribution in [0, 0.1) is 18.8 Å². The molecule has 1 saturated heterocycles. The van der Waals surface area contributed by atoms with Crippen molar-refractivity contribution in [3.8, 4) is 11.5 Å². The highest BCUT2D eigenvalue weighted by Crippen LogP contribution is 2.34. The largest absolute Gasteiger partial charge is 0.493 e. The van der Waals surface area contributed by atoms with E-state index in [4.69, 9.17) is 21.1 Å². The Kier molecular flexibility index (Phi) is 10.1. The zero-order chi connectivity index (χ0) is 28.8. The molecule has 1 saturated carbocycles. The first-order valence-corrected chi connectivity index (χ1v) is 14.4. The minimum absolute atomic E-state index is 0.116. The van der Waals surface area contributed by atoms with E-state index in [9.17, 15) is 19.5 Å². The Balaban J connectivity index is 1.47. The molecule has 9 heteroatoms. The van der Waals surface area contributed by atoms with Gasteiger partial charge in [0.2, 0.25) is 11.8 Å². The molecule has 1 aliphatic heterocycles. The van der Waals surface area contributed by atoms with Gasteiger partial charge >= 0.3 is 5.97 Å². The van der Waals surface area contributed by atoms with E-state index in [1.807, 2.05) is 31.2 Å². The number of rotatable bonds is 12. The molecule has 2 amide bonds. The fourth-order valence-electron chi connectivity index (χ4n) is 5.71. The van der Waals surface area contributed by atoms with Gasteiger partial charge in [-0.15, -0.1) is 0 Å². The molecule has 1 N–H and O–H groups in total. The molecule has 1 atom stereocenters. The molecule has 0 unspecified atom stereocenters. The van der Waals surface area contributed by atoms with Gasteiger partial charge in [-0.1, -0.05) is 29.8 Å². The maximum Gasteiger partial charge on any atom is 0.306 e. The van der Waals surface area contributed by atoms with E-state index in [1.165, 1.54) is 10.5 Å². The number of amides is 2. The SMILES string of the molecule is COc1cc(CN(C[C@H]2CC[C@H](C(=O)O)CC2)[C@@H](C)c2ccc(Cl)c(C)c2)ccc1OCCN1C(=O)CCC1=O. The highest BCUT2D eigenvalue weighted by atomic mass is 35.5. The quantitative estimate of drug-likeness (QED) is 0.330. The molecule has 0 bridgehead atoms.